The summed E-state index contributed by atoms with van der Waals surface area (Å²) in [5.41, 5.74) is 1.95. The molecule has 3 aromatic rings. The molecule has 0 atom stereocenters. The Labute approximate surface area is 107 Å². The molecular formula is C15H9F3N. The van der Waals surface area contributed by atoms with E-state index in [1.165, 1.54) is 12.1 Å². The topological polar surface area (TPSA) is 15.8 Å². The highest BCUT2D eigenvalue weighted by atomic mass is 19.4. The van der Waals surface area contributed by atoms with E-state index in [0.29, 0.717) is 0 Å². The van der Waals surface area contributed by atoms with Crippen molar-refractivity contribution in [3.63, 3.8) is 0 Å². The minimum atomic E-state index is -4.29. The molecule has 1 N–H and O–H groups in total. The third kappa shape index (κ3) is 2.21. The van der Waals surface area contributed by atoms with Crippen molar-refractivity contribution in [2.24, 2.45) is 0 Å². The second kappa shape index (κ2) is 4.16. The molecule has 3 rings (SSSR count). The number of benzene rings is 2. The van der Waals surface area contributed by atoms with Crippen molar-refractivity contribution in [1.82, 2.24) is 4.98 Å². The zero-order valence-corrected chi connectivity index (χ0v) is 9.75. The first kappa shape index (κ1) is 11.8. The number of H-pyrrole nitrogens is 1. The Balaban J connectivity index is 2.01. The highest BCUT2D eigenvalue weighted by Gasteiger charge is 2.29. The molecule has 2 aromatic carbocycles. The van der Waals surface area contributed by atoms with E-state index >= 15 is 0 Å². The predicted molar refractivity (Wildman–Crippen MR) is 67.6 cm³/mol. The highest BCUT2D eigenvalue weighted by Crippen LogP contribution is 2.31. The molecule has 95 valence electrons. The second-order valence-electron chi connectivity index (χ2n) is 4.27. The summed E-state index contributed by atoms with van der Waals surface area (Å²) in [6, 6.07) is 13.8. The average Bonchev–Trinajstić information content (AvgIpc) is 2.85. The maximum Gasteiger partial charge on any atom is 0.416 e. The number of nitrogens with one attached hydrogen (secondary N) is 1. The largest absolute Gasteiger partial charge is 0.416 e. The Hall–Kier alpha value is -2.23. The monoisotopic (exact) mass is 260 g/mol. The summed E-state index contributed by atoms with van der Waals surface area (Å²) in [5, 5.41) is 0.914. The fourth-order valence-electron chi connectivity index (χ4n) is 2.01. The van der Waals surface area contributed by atoms with E-state index in [1.54, 1.807) is 6.20 Å². The van der Waals surface area contributed by atoms with Crippen LogP contribution in [0.3, 0.4) is 0 Å². The number of hydrogen-bond acceptors (Lipinski definition) is 0. The van der Waals surface area contributed by atoms with Crippen molar-refractivity contribution in [2.75, 3.05) is 0 Å². The fraction of sp³-hybridized carbons (Fsp3) is 0.0667. The first-order valence-electron chi connectivity index (χ1n) is 5.70. The van der Waals surface area contributed by atoms with Crippen LogP contribution in [0, 0.1) is 6.07 Å². The van der Waals surface area contributed by atoms with Gasteiger partial charge >= 0.3 is 6.18 Å². The van der Waals surface area contributed by atoms with Crippen molar-refractivity contribution < 1.29 is 13.2 Å². The van der Waals surface area contributed by atoms with Crippen molar-refractivity contribution in [3.8, 4) is 11.1 Å². The molecule has 0 saturated heterocycles. The van der Waals surface area contributed by atoms with E-state index in [9.17, 15) is 13.2 Å². The lowest BCUT2D eigenvalue weighted by Crippen LogP contribution is -2.03. The molecule has 0 saturated carbocycles. The quantitative estimate of drug-likeness (QED) is 0.655. The fourth-order valence-corrected chi connectivity index (χ4v) is 2.01. The van der Waals surface area contributed by atoms with Gasteiger partial charge in [-0.2, -0.15) is 13.2 Å². The maximum atomic E-state index is 12.5. The zero-order chi connectivity index (χ0) is 13.5. The van der Waals surface area contributed by atoms with Gasteiger partial charge in [0.15, 0.2) is 0 Å². The number of hydrogen-bond donors (Lipinski definition) is 1. The molecule has 0 aliphatic carbocycles. The van der Waals surface area contributed by atoms with Gasteiger partial charge in [0.25, 0.3) is 0 Å². The van der Waals surface area contributed by atoms with Crippen LogP contribution in [0.25, 0.3) is 22.0 Å². The van der Waals surface area contributed by atoms with Gasteiger partial charge < -0.3 is 4.98 Å². The Morgan fingerprint density at radius 1 is 0.895 bits per heavy atom. The number of aromatic amines is 1. The van der Waals surface area contributed by atoms with Crippen LogP contribution in [0.1, 0.15) is 5.56 Å². The molecule has 0 aliphatic rings. The van der Waals surface area contributed by atoms with Gasteiger partial charge in [-0.3, -0.25) is 0 Å². The minimum absolute atomic E-state index is 0.634. The van der Waals surface area contributed by atoms with Crippen LogP contribution >= 0.6 is 0 Å². The van der Waals surface area contributed by atoms with Gasteiger partial charge in [0, 0.05) is 23.2 Å². The first-order chi connectivity index (χ1) is 9.04. The van der Waals surface area contributed by atoms with Crippen molar-refractivity contribution >= 4 is 10.9 Å². The summed E-state index contributed by atoms with van der Waals surface area (Å²) in [7, 11) is 0. The molecule has 1 aromatic heterocycles. The Kier molecular flexibility index (Phi) is 2.59. The van der Waals surface area contributed by atoms with E-state index in [1.807, 2.05) is 18.2 Å². The summed E-state index contributed by atoms with van der Waals surface area (Å²) in [4.78, 5) is 3.02. The zero-order valence-electron chi connectivity index (χ0n) is 9.75. The first-order valence-corrected chi connectivity index (χ1v) is 5.70. The summed E-state index contributed by atoms with van der Waals surface area (Å²) >= 11 is 0. The standard InChI is InChI=1S/C15H9F3N/c16-15(17,18)13-4-1-10(2-5-13)11-3-6-14-12(9-11)7-8-19-14/h1-6,8-9,19H. The molecule has 0 fully saturated rings. The summed E-state index contributed by atoms with van der Waals surface area (Å²) in [6.45, 7) is 0. The van der Waals surface area contributed by atoms with E-state index in [-0.39, 0.29) is 0 Å². The van der Waals surface area contributed by atoms with Crippen LogP contribution in [-0.2, 0) is 6.18 Å². The lowest BCUT2D eigenvalue weighted by Gasteiger charge is -2.07. The van der Waals surface area contributed by atoms with Gasteiger partial charge in [-0.1, -0.05) is 18.2 Å². The maximum absolute atomic E-state index is 12.5. The van der Waals surface area contributed by atoms with Crippen LogP contribution in [0.15, 0.2) is 48.7 Å². The van der Waals surface area contributed by atoms with Gasteiger partial charge in [0.2, 0.25) is 0 Å². The normalized spacial score (nSPS) is 11.9. The lowest BCUT2D eigenvalue weighted by atomic mass is 10.0. The molecule has 0 bridgehead atoms. The van der Waals surface area contributed by atoms with Gasteiger partial charge in [-0.05, 0) is 35.4 Å². The van der Waals surface area contributed by atoms with Crippen LogP contribution < -0.4 is 0 Å². The molecule has 4 heteroatoms. The van der Waals surface area contributed by atoms with Crippen molar-refractivity contribution in [2.45, 2.75) is 6.18 Å². The molecule has 0 aliphatic heterocycles. The highest BCUT2D eigenvalue weighted by molar-refractivity contribution is 5.84. The molecule has 1 nitrogen and oxygen atoms in total. The van der Waals surface area contributed by atoms with E-state index < -0.39 is 11.7 Å². The Morgan fingerprint density at radius 2 is 1.58 bits per heavy atom. The number of aromatic nitrogens is 1. The summed E-state index contributed by atoms with van der Waals surface area (Å²) < 4.78 is 37.4. The molecule has 1 radical (unpaired) electrons. The van der Waals surface area contributed by atoms with Gasteiger partial charge in [0.1, 0.15) is 0 Å². The van der Waals surface area contributed by atoms with E-state index in [4.69, 9.17) is 0 Å². The van der Waals surface area contributed by atoms with Crippen LogP contribution in [0.2, 0.25) is 0 Å². The molecule has 0 amide bonds. The summed E-state index contributed by atoms with van der Waals surface area (Å²) in [5.74, 6) is 0. The Bertz CT molecular complexity index is 708. The molecule has 1 heterocycles. The van der Waals surface area contributed by atoms with Crippen LogP contribution in [0.4, 0.5) is 13.2 Å². The van der Waals surface area contributed by atoms with Crippen molar-refractivity contribution in [1.29, 1.82) is 0 Å². The summed E-state index contributed by atoms with van der Waals surface area (Å²) in [6.07, 6.45) is -2.59. The van der Waals surface area contributed by atoms with Crippen LogP contribution in [-0.4, -0.2) is 4.98 Å². The molecular weight excluding hydrogens is 251 g/mol. The van der Waals surface area contributed by atoms with Crippen LogP contribution in [0.5, 0.6) is 0 Å². The van der Waals surface area contributed by atoms with Gasteiger partial charge in [-0.15, -0.1) is 0 Å². The predicted octanol–water partition coefficient (Wildman–Crippen LogP) is 4.65. The average molecular weight is 260 g/mol. The number of fused-ring (bicyclic) bond motifs is 1. The second-order valence-corrected chi connectivity index (χ2v) is 4.27. The van der Waals surface area contributed by atoms with E-state index in [0.717, 1.165) is 34.2 Å². The number of alkyl halides is 3. The number of halogens is 3. The Morgan fingerprint density at radius 3 is 2.26 bits per heavy atom. The third-order valence-electron chi connectivity index (χ3n) is 3.02. The molecule has 19 heavy (non-hydrogen) atoms. The van der Waals surface area contributed by atoms with Crippen molar-refractivity contribution in [3.05, 3.63) is 60.3 Å². The lowest BCUT2D eigenvalue weighted by molar-refractivity contribution is -0.137. The van der Waals surface area contributed by atoms with Gasteiger partial charge in [0.05, 0.1) is 5.56 Å². The number of rotatable bonds is 1. The smallest absolute Gasteiger partial charge is 0.361 e. The van der Waals surface area contributed by atoms with E-state index in [2.05, 4.69) is 11.1 Å². The third-order valence-corrected chi connectivity index (χ3v) is 3.02. The molecule has 0 unspecified atom stereocenters. The molecule has 0 spiro atoms. The van der Waals surface area contributed by atoms with Gasteiger partial charge in [-0.25, -0.2) is 0 Å². The minimum Gasteiger partial charge on any atom is -0.361 e. The SMILES string of the molecule is FC(F)(F)c1ccc(-c2ccc3[nH]c[c]c3c2)cc1.